The first-order valence-electron chi connectivity index (χ1n) is 6.02. The topological polar surface area (TPSA) is 58.6 Å². The fraction of sp³-hybridized carbons (Fsp3) is 0.917. The molecule has 0 aromatic carbocycles. The minimum Gasteiger partial charge on any atom is -0.481 e. The number of hydrogen-bond acceptors (Lipinski definition) is 3. The maximum atomic E-state index is 11.3. The third-order valence-electron chi connectivity index (χ3n) is 3.40. The molecule has 4 heteroatoms. The number of aliphatic carboxylic acids is 1. The highest BCUT2D eigenvalue weighted by Crippen LogP contribution is 2.25. The molecule has 0 aliphatic rings. The Bertz CT molecular complexity index is 202. The molecule has 0 aromatic heterocycles. The summed E-state index contributed by atoms with van der Waals surface area (Å²) in [6, 6.07) is 0.238. The number of carboxylic acids is 1. The van der Waals surface area contributed by atoms with Crippen molar-refractivity contribution in [1.29, 1.82) is 0 Å². The van der Waals surface area contributed by atoms with Gasteiger partial charge in [0, 0.05) is 19.7 Å². The van der Waals surface area contributed by atoms with Crippen LogP contribution >= 0.6 is 0 Å². The van der Waals surface area contributed by atoms with Crippen LogP contribution in [0.15, 0.2) is 0 Å². The number of carboxylic acid groups (broad SMARTS) is 1. The fourth-order valence-electron chi connectivity index (χ4n) is 1.74. The standard InChI is InChI=1S/C12H25NO3/c1-5-10(8-16-4)13-9-12(6-2,7-3)11(14)15/h10,13H,5-9H2,1-4H3,(H,14,15). The van der Waals surface area contributed by atoms with E-state index in [2.05, 4.69) is 12.2 Å². The monoisotopic (exact) mass is 231 g/mol. The van der Waals surface area contributed by atoms with Gasteiger partial charge in [-0.25, -0.2) is 0 Å². The summed E-state index contributed by atoms with van der Waals surface area (Å²) >= 11 is 0. The van der Waals surface area contributed by atoms with Gasteiger partial charge in [-0.3, -0.25) is 4.79 Å². The minimum atomic E-state index is -0.711. The summed E-state index contributed by atoms with van der Waals surface area (Å²) in [7, 11) is 1.66. The number of hydrogen-bond donors (Lipinski definition) is 2. The fourth-order valence-corrected chi connectivity index (χ4v) is 1.74. The molecular formula is C12H25NO3. The molecule has 0 radical (unpaired) electrons. The lowest BCUT2D eigenvalue weighted by molar-refractivity contribution is -0.149. The van der Waals surface area contributed by atoms with E-state index >= 15 is 0 Å². The molecule has 1 atom stereocenters. The van der Waals surface area contributed by atoms with Crippen molar-refractivity contribution in [2.75, 3.05) is 20.3 Å². The smallest absolute Gasteiger partial charge is 0.310 e. The van der Waals surface area contributed by atoms with Gasteiger partial charge in [0.1, 0.15) is 0 Å². The molecule has 0 saturated carbocycles. The van der Waals surface area contributed by atoms with Crippen molar-refractivity contribution in [2.24, 2.45) is 5.41 Å². The van der Waals surface area contributed by atoms with Gasteiger partial charge in [-0.1, -0.05) is 20.8 Å². The van der Waals surface area contributed by atoms with Crippen LogP contribution in [-0.2, 0) is 9.53 Å². The van der Waals surface area contributed by atoms with Gasteiger partial charge >= 0.3 is 5.97 Å². The van der Waals surface area contributed by atoms with E-state index in [1.807, 2.05) is 13.8 Å². The third kappa shape index (κ3) is 4.10. The first-order chi connectivity index (χ1) is 7.56. The van der Waals surface area contributed by atoms with Crippen molar-refractivity contribution in [1.82, 2.24) is 5.32 Å². The van der Waals surface area contributed by atoms with Gasteiger partial charge in [-0.15, -0.1) is 0 Å². The van der Waals surface area contributed by atoms with Crippen LogP contribution in [0.4, 0.5) is 0 Å². The van der Waals surface area contributed by atoms with Crippen LogP contribution in [0.5, 0.6) is 0 Å². The van der Waals surface area contributed by atoms with E-state index in [4.69, 9.17) is 4.74 Å². The largest absolute Gasteiger partial charge is 0.481 e. The van der Waals surface area contributed by atoms with Gasteiger partial charge in [0.15, 0.2) is 0 Å². The summed E-state index contributed by atoms with van der Waals surface area (Å²) in [6.45, 7) is 7.06. The van der Waals surface area contributed by atoms with Crippen LogP contribution in [0.3, 0.4) is 0 Å². The van der Waals surface area contributed by atoms with Crippen molar-refractivity contribution in [3.8, 4) is 0 Å². The van der Waals surface area contributed by atoms with E-state index in [0.717, 1.165) is 6.42 Å². The number of nitrogens with one attached hydrogen (secondary N) is 1. The van der Waals surface area contributed by atoms with E-state index in [1.54, 1.807) is 7.11 Å². The lowest BCUT2D eigenvalue weighted by Crippen LogP contribution is -2.45. The Labute approximate surface area is 98.4 Å². The Morgan fingerprint density at radius 2 is 1.94 bits per heavy atom. The van der Waals surface area contributed by atoms with Crippen LogP contribution in [0, 0.1) is 5.41 Å². The summed E-state index contributed by atoms with van der Waals surface area (Å²) in [5, 5.41) is 12.6. The van der Waals surface area contributed by atoms with Crippen molar-refractivity contribution < 1.29 is 14.6 Å². The van der Waals surface area contributed by atoms with Crippen molar-refractivity contribution in [3.63, 3.8) is 0 Å². The van der Waals surface area contributed by atoms with Crippen LogP contribution < -0.4 is 5.32 Å². The zero-order valence-electron chi connectivity index (χ0n) is 10.9. The quantitative estimate of drug-likeness (QED) is 0.636. The highest BCUT2D eigenvalue weighted by Gasteiger charge is 2.34. The molecule has 0 heterocycles. The molecule has 2 N–H and O–H groups in total. The van der Waals surface area contributed by atoms with Crippen molar-refractivity contribution in [2.45, 2.75) is 46.1 Å². The average molecular weight is 231 g/mol. The highest BCUT2D eigenvalue weighted by atomic mass is 16.5. The predicted octanol–water partition coefficient (Wildman–Crippen LogP) is 1.89. The molecule has 0 amide bonds. The second-order valence-electron chi connectivity index (χ2n) is 4.23. The van der Waals surface area contributed by atoms with Crippen LogP contribution in [0.2, 0.25) is 0 Å². The Morgan fingerprint density at radius 1 is 1.38 bits per heavy atom. The molecule has 0 spiro atoms. The molecule has 0 fully saturated rings. The van der Waals surface area contributed by atoms with E-state index in [9.17, 15) is 9.90 Å². The second kappa shape index (κ2) is 7.63. The molecule has 0 aliphatic carbocycles. The minimum absolute atomic E-state index is 0.238. The number of methoxy groups -OCH3 is 1. The Morgan fingerprint density at radius 3 is 2.25 bits per heavy atom. The van der Waals surface area contributed by atoms with Crippen LogP contribution in [0.25, 0.3) is 0 Å². The maximum absolute atomic E-state index is 11.3. The molecule has 0 aromatic rings. The number of carbonyl (C=O) groups is 1. The SMILES string of the molecule is CCC(COC)NCC(CC)(CC)C(=O)O. The Balaban J connectivity index is 4.35. The second-order valence-corrected chi connectivity index (χ2v) is 4.23. The highest BCUT2D eigenvalue weighted by molar-refractivity contribution is 5.74. The molecule has 16 heavy (non-hydrogen) atoms. The van der Waals surface area contributed by atoms with Crippen molar-refractivity contribution >= 4 is 5.97 Å². The lowest BCUT2D eigenvalue weighted by Gasteiger charge is -2.29. The number of rotatable bonds is 9. The molecular weight excluding hydrogens is 206 g/mol. The van der Waals surface area contributed by atoms with Crippen molar-refractivity contribution in [3.05, 3.63) is 0 Å². The summed E-state index contributed by atoms with van der Waals surface area (Å²) in [6.07, 6.45) is 2.24. The first kappa shape index (κ1) is 15.4. The summed E-state index contributed by atoms with van der Waals surface area (Å²) in [5.74, 6) is -0.711. The summed E-state index contributed by atoms with van der Waals surface area (Å²) in [5.41, 5.74) is -0.638. The first-order valence-corrected chi connectivity index (χ1v) is 6.02. The van der Waals surface area contributed by atoms with E-state index in [-0.39, 0.29) is 6.04 Å². The van der Waals surface area contributed by atoms with E-state index in [0.29, 0.717) is 26.0 Å². The van der Waals surface area contributed by atoms with E-state index in [1.165, 1.54) is 0 Å². The molecule has 0 rings (SSSR count). The van der Waals surface area contributed by atoms with Gasteiger partial charge in [0.25, 0.3) is 0 Å². The lowest BCUT2D eigenvalue weighted by atomic mass is 9.82. The average Bonchev–Trinajstić information content (AvgIpc) is 2.29. The summed E-state index contributed by atoms with van der Waals surface area (Å²) < 4.78 is 5.08. The molecule has 0 saturated heterocycles. The number of ether oxygens (including phenoxy) is 1. The third-order valence-corrected chi connectivity index (χ3v) is 3.40. The van der Waals surface area contributed by atoms with Crippen LogP contribution in [-0.4, -0.2) is 37.4 Å². The molecule has 4 nitrogen and oxygen atoms in total. The zero-order valence-corrected chi connectivity index (χ0v) is 10.9. The molecule has 1 unspecified atom stereocenters. The normalized spacial score (nSPS) is 13.8. The Kier molecular flexibility index (Phi) is 7.34. The van der Waals surface area contributed by atoms with Crippen LogP contribution in [0.1, 0.15) is 40.0 Å². The zero-order chi connectivity index (χ0) is 12.6. The van der Waals surface area contributed by atoms with Gasteiger partial charge in [-0.2, -0.15) is 0 Å². The van der Waals surface area contributed by atoms with Gasteiger partial charge < -0.3 is 15.2 Å². The van der Waals surface area contributed by atoms with Gasteiger partial charge in [-0.05, 0) is 19.3 Å². The van der Waals surface area contributed by atoms with Gasteiger partial charge in [0.05, 0.1) is 12.0 Å². The maximum Gasteiger partial charge on any atom is 0.310 e. The predicted molar refractivity (Wildman–Crippen MR) is 64.6 cm³/mol. The van der Waals surface area contributed by atoms with Gasteiger partial charge in [0.2, 0.25) is 0 Å². The molecule has 96 valence electrons. The molecule has 0 aliphatic heterocycles. The molecule has 0 bridgehead atoms. The summed E-state index contributed by atoms with van der Waals surface area (Å²) in [4.78, 5) is 11.3. The van der Waals surface area contributed by atoms with E-state index < -0.39 is 11.4 Å². The Hall–Kier alpha value is -0.610.